The van der Waals surface area contributed by atoms with Crippen molar-refractivity contribution in [2.75, 3.05) is 6.54 Å². The number of rotatable bonds is 4. The zero-order chi connectivity index (χ0) is 15.6. The maximum absolute atomic E-state index is 12.5. The average Bonchev–Trinajstić information content (AvgIpc) is 2.26. The van der Waals surface area contributed by atoms with Gasteiger partial charge in [-0.3, -0.25) is 4.79 Å². The van der Waals surface area contributed by atoms with Gasteiger partial charge in [0.1, 0.15) is 0 Å². The van der Waals surface area contributed by atoms with Crippen molar-refractivity contribution in [1.82, 2.24) is 5.32 Å². The molecular weight excluding hydrogens is 269 g/mol. The number of carbonyl (C=O) groups is 1. The molecule has 0 saturated carbocycles. The molecule has 1 atom stereocenters. The fraction of sp³-hybridized carbons (Fsp3) is 0.500. The van der Waals surface area contributed by atoms with Crippen molar-refractivity contribution in [2.24, 2.45) is 5.73 Å². The van der Waals surface area contributed by atoms with Gasteiger partial charge in [0.15, 0.2) is 0 Å². The fourth-order valence-electron chi connectivity index (χ4n) is 1.70. The molecule has 0 fully saturated rings. The molecule has 0 aliphatic carbocycles. The van der Waals surface area contributed by atoms with E-state index in [0.29, 0.717) is 5.56 Å². The highest BCUT2D eigenvalue weighted by Crippen LogP contribution is 2.30. The van der Waals surface area contributed by atoms with Crippen LogP contribution in [0.4, 0.5) is 13.2 Å². The second-order valence-corrected chi connectivity index (χ2v) is 5.71. The number of amides is 1. The molecule has 112 valence electrons. The molecule has 20 heavy (non-hydrogen) atoms. The predicted molar refractivity (Wildman–Crippen MR) is 71.1 cm³/mol. The minimum absolute atomic E-state index is 0.209. The molecule has 0 aliphatic rings. The van der Waals surface area contributed by atoms with Crippen LogP contribution in [0.25, 0.3) is 0 Å². The van der Waals surface area contributed by atoms with Crippen LogP contribution >= 0.6 is 0 Å². The van der Waals surface area contributed by atoms with Gasteiger partial charge in [-0.05, 0) is 38.5 Å². The Hall–Kier alpha value is -1.56. The lowest BCUT2D eigenvalue weighted by atomic mass is 9.96. The number of carbonyl (C=O) groups excluding carboxylic acids is 1. The Morgan fingerprint density at radius 1 is 1.20 bits per heavy atom. The summed E-state index contributed by atoms with van der Waals surface area (Å²) in [6.45, 7) is 6.07. The summed E-state index contributed by atoms with van der Waals surface area (Å²) in [5.41, 5.74) is 4.84. The summed E-state index contributed by atoms with van der Waals surface area (Å²) in [5, 5.41) is 3.12. The summed E-state index contributed by atoms with van der Waals surface area (Å²) in [4.78, 5) is 11.5. The third kappa shape index (κ3) is 4.85. The number of hydrogen-bond acceptors (Lipinski definition) is 2. The highest BCUT2D eigenvalue weighted by Gasteiger charge is 2.30. The van der Waals surface area contributed by atoms with Crippen molar-refractivity contribution >= 4 is 5.91 Å². The monoisotopic (exact) mass is 288 g/mol. The molecule has 0 bridgehead atoms. The molecule has 3 N–H and O–H groups in total. The third-order valence-electron chi connectivity index (χ3n) is 2.82. The average molecular weight is 288 g/mol. The van der Waals surface area contributed by atoms with Crippen molar-refractivity contribution in [2.45, 2.75) is 38.4 Å². The van der Waals surface area contributed by atoms with Crippen molar-refractivity contribution in [3.05, 3.63) is 35.4 Å². The molecule has 1 rings (SSSR count). The standard InChI is InChI=1S/C14H19F3N2O/c1-13(2,3)19-8-11(12(18)20)9-4-6-10(7-5-9)14(15,16)17/h4-7,11,19H,8H2,1-3H3,(H2,18,20)/t11-/m1/s1. The second-order valence-electron chi connectivity index (χ2n) is 5.71. The molecule has 1 aromatic carbocycles. The van der Waals surface area contributed by atoms with E-state index in [9.17, 15) is 18.0 Å². The van der Waals surface area contributed by atoms with Crippen LogP contribution < -0.4 is 11.1 Å². The van der Waals surface area contributed by atoms with E-state index in [1.807, 2.05) is 20.8 Å². The molecule has 0 saturated heterocycles. The van der Waals surface area contributed by atoms with E-state index in [0.717, 1.165) is 12.1 Å². The largest absolute Gasteiger partial charge is 0.416 e. The Labute approximate surface area is 116 Å². The molecule has 0 aromatic heterocycles. The van der Waals surface area contributed by atoms with Gasteiger partial charge in [0.2, 0.25) is 5.91 Å². The van der Waals surface area contributed by atoms with Gasteiger partial charge in [-0.1, -0.05) is 12.1 Å². The van der Waals surface area contributed by atoms with Gasteiger partial charge in [0.25, 0.3) is 0 Å². The molecule has 1 aromatic rings. The van der Waals surface area contributed by atoms with E-state index in [1.54, 1.807) is 0 Å². The van der Waals surface area contributed by atoms with Crippen LogP contribution in [-0.2, 0) is 11.0 Å². The predicted octanol–water partition coefficient (Wildman–Crippen LogP) is 2.66. The number of nitrogens with two attached hydrogens (primary N) is 1. The van der Waals surface area contributed by atoms with Gasteiger partial charge in [-0.2, -0.15) is 13.2 Å². The van der Waals surface area contributed by atoms with Gasteiger partial charge in [-0.15, -0.1) is 0 Å². The molecule has 3 nitrogen and oxygen atoms in total. The number of hydrogen-bond donors (Lipinski definition) is 2. The molecule has 6 heteroatoms. The Kier molecular flexibility index (Phi) is 4.81. The Morgan fingerprint density at radius 2 is 1.70 bits per heavy atom. The third-order valence-corrected chi connectivity index (χ3v) is 2.82. The quantitative estimate of drug-likeness (QED) is 0.895. The molecule has 1 amide bonds. The normalized spacial score (nSPS) is 14.1. The van der Waals surface area contributed by atoms with Crippen molar-refractivity contribution in [3.8, 4) is 0 Å². The van der Waals surface area contributed by atoms with E-state index in [1.165, 1.54) is 12.1 Å². The van der Waals surface area contributed by atoms with Gasteiger partial charge in [0, 0.05) is 12.1 Å². The molecule has 0 aliphatic heterocycles. The smallest absolute Gasteiger partial charge is 0.369 e. The first kappa shape index (κ1) is 16.5. The van der Waals surface area contributed by atoms with Crippen LogP contribution in [-0.4, -0.2) is 18.0 Å². The summed E-state index contributed by atoms with van der Waals surface area (Å²) in [6, 6.07) is 4.51. The summed E-state index contributed by atoms with van der Waals surface area (Å²) in [7, 11) is 0. The van der Waals surface area contributed by atoms with Crippen LogP contribution in [0.2, 0.25) is 0 Å². The number of alkyl halides is 3. The van der Waals surface area contributed by atoms with Crippen LogP contribution in [0.5, 0.6) is 0 Å². The summed E-state index contributed by atoms with van der Waals surface area (Å²) >= 11 is 0. The highest BCUT2D eigenvalue weighted by atomic mass is 19.4. The zero-order valence-electron chi connectivity index (χ0n) is 11.7. The molecule has 0 unspecified atom stereocenters. The van der Waals surface area contributed by atoms with E-state index in [2.05, 4.69) is 5.32 Å². The topological polar surface area (TPSA) is 55.1 Å². The minimum atomic E-state index is -4.38. The van der Waals surface area contributed by atoms with Crippen LogP contribution in [0.1, 0.15) is 37.8 Å². The van der Waals surface area contributed by atoms with Gasteiger partial charge >= 0.3 is 6.18 Å². The number of primary amides is 1. The number of halogens is 3. The maximum atomic E-state index is 12.5. The van der Waals surface area contributed by atoms with Gasteiger partial charge in [-0.25, -0.2) is 0 Å². The van der Waals surface area contributed by atoms with Crippen LogP contribution in [0.15, 0.2) is 24.3 Å². The molecule has 0 radical (unpaired) electrons. The first-order chi connectivity index (χ1) is 9.00. The number of nitrogens with one attached hydrogen (secondary N) is 1. The number of benzene rings is 1. The Morgan fingerprint density at radius 3 is 2.05 bits per heavy atom. The lowest BCUT2D eigenvalue weighted by Crippen LogP contribution is -2.41. The van der Waals surface area contributed by atoms with E-state index in [-0.39, 0.29) is 12.1 Å². The summed E-state index contributed by atoms with van der Waals surface area (Å²) in [6.07, 6.45) is -4.38. The van der Waals surface area contributed by atoms with E-state index >= 15 is 0 Å². The molecule has 0 heterocycles. The fourth-order valence-corrected chi connectivity index (χ4v) is 1.70. The van der Waals surface area contributed by atoms with Crippen molar-refractivity contribution < 1.29 is 18.0 Å². The lowest BCUT2D eigenvalue weighted by Gasteiger charge is -2.24. The van der Waals surface area contributed by atoms with Gasteiger partial charge in [0.05, 0.1) is 11.5 Å². The summed E-state index contributed by atoms with van der Waals surface area (Å²) < 4.78 is 37.4. The minimum Gasteiger partial charge on any atom is -0.369 e. The molecular formula is C14H19F3N2O. The van der Waals surface area contributed by atoms with Crippen LogP contribution in [0, 0.1) is 0 Å². The van der Waals surface area contributed by atoms with E-state index < -0.39 is 23.6 Å². The first-order valence-electron chi connectivity index (χ1n) is 6.22. The Bertz CT molecular complexity index is 461. The SMILES string of the molecule is CC(C)(C)NC[C@@H](C(N)=O)c1ccc(C(F)(F)F)cc1. The van der Waals surface area contributed by atoms with Crippen molar-refractivity contribution in [1.29, 1.82) is 0 Å². The molecule has 0 spiro atoms. The van der Waals surface area contributed by atoms with E-state index in [4.69, 9.17) is 5.73 Å². The highest BCUT2D eigenvalue weighted by molar-refractivity contribution is 5.82. The van der Waals surface area contributed by atoms with Crippen molar-refractivity contribution in [3.63, 3.8) is 0 Å². The zero-order valence-corrected chi connectivity index (χ0v) is 11.7. The lowest BCUT2D eigenvalue weighted by molar-refractivity contribution is -0.137. The maximum Gasteiger partial charge on any atom is 0.416 e. The van der Waals surface area contributed by atoms with Gasteiger partial charge < -0.3 is 11.1 Å². The Balaban J connectivity index is 2.91. The van der Waals surface area contributed by atoms with Crippen LogP contribution in [0.3, 0.4) is 0 Å². The summed E-state index contributed by atoms with van der Waals surface area (Å²) in [5.74, 6) is -1.22. The second kappa shape index (κ2) is 5.83. The first-order valence-corrected chi connectivity index (χ1v) is 6.22.